The normalized spacial score (nSPS) is 11.9. The summed E-state index contributed by atoms with van der Waals surface area (Å²) >= 11 is 0. The van der Waals surface area contributed by atoms with Crippen LogP contribution in [0.4, 0.5) is 0 Å². The van der Waals surface area contributed by atoms with E-state index >= 15 is 0 Å². The highest BCUT2D eigenvalue weighted by Gasteiger charge is 2.21. The van der Waals surface area contributed by atoms with Crippen LogP contribution in [0.1, 0.15) is 0 Å². The second-order valence-corrected chi connectivity index (χ2v) is 16.0. The van der Waals surface area contributed by atoms with E-state index in [1.807, 2.05) is 12.1 Å². The molecular formula is C57H34N4O. The second kappa shape index (κ2) is 13.6. The van der Waals surface area contributed by atoms with E-state index in [1.165, 1.54) is 38.1 Å². The van der Waals surface area contributed by atoms with Crippen LogP contribution in [-0.2, 0) is 0 Å². The summed E-state index contributed by atoms with van der Waals surface area (Å²) < 4.78 is 9.11. The lowest BCUT2D eigenvalue weighted by Gasteiger charge is -2.11. The average Bonchev–Trinajstić information content (AvgIpc) is 4.00. The molecule has 5 heteroatoms. The molecule has 0 N–H and O–H groups in total. The fourth-order valence-electron chi connectivity index (χ4n) is 9.49. The molecule has 0 spiro atoms. The van der Waals surface area contributed by atoms with E-state index < -0.39 is 0 Å². The summed E-state index contributed by atoms with van der Waals surface area (Å²) in [5.41, 5.74) is 14.8. The molecule has 4 heterocycles. The maximum absolute atomic E-state index is 6.68. The SMILES string of the molecule is c1ccc(-c2ccc(-c3nc(-c4cccc(-c5ccccc5)c4)nc(-c4cccc(-c5cccc6oc7cc8c9cccc%10c%11ccccc%11n(c8cc7c56)c%109)c4)n3)cc2)cc1. The van der Waals surface area contributed by atoms with E-state index in [4.69, 9.17) is 19.4 Å². The minimum atomic E-state index is 0.604. The number of fused-ring (bicyclic) bond motifs is 9. The van der Waals surface area contributed by atoms with Crippen molar-refractivity contribution in [2.45, 2.75) is 0 Å². The van der Waals surface area contributed by atoms with Crippen molar-refractivity contribution >= 4 is 60.0 Å². The van der Waals surface area contributed by atoms with Crippen LogP contribution in [0.2, 0.25) is 0 Å². The van der Waals surface area contributed by atoms with Gasteiger partial charge < -0.3 is 8.82 Å². The van der Waals surface area contributed by atoms with Gasteiger partial charge in [0.2, 0.25) is 0 Å². The molecule has 0 unspecified atom stereocenters. The number of furan rings is 1. The highest BCUT2D eigenvalue weighted by molar-refractivity contribution is 6.26. The Morgan fingerprint density at radius 1 is 0.306 bits per heavy atom. The molecule has 0 fully saturated rings. The molecular weight excluding hydrogens is 757 g/mol. The van der Waals surface area contributed by atoms with Gasteiger partial charge in [-0.2, -0.15) is 0 Å². The lowest BCUT2D eigenvalue weighted by Crippen LogP contribution is -2.00. The summed E-state index contributed by atoms with van der Waals surface area (Å²) in [6, 6.07) is 72.5. The molecule has 0 radical (unpaired) electrons. The summed E-state index contributed by atoms with van der Waals surface area (Å²) in [5.74, 6) is 1.83. The first-order valence-electron chi connectivity index (χ1n) is 20.9. The molecule has 9 aromatic carbocycles. The van der Waals surface area contributed by atoms with Gasteiger partial charge in [0.15, 0.2) is 17.5 Å². The number of hydrogen-bond donors (Lipinski definition) is 0. The molecule has 0 atom stereocenters. The molecule has 0 aliphatic carbocycles. The minimum absolute atomic E-state index is 0.604. The summed E-state index contributed by atoms with van der Waals surface area (Å²) in [4.78, 5) is 15.5. The quantitative estimate of drug-likeness (QED) is 0.168. The lowest BCUT2D eigenvalue weighted by molar-refractivity contribution is 0.669. The Balaban J connectivity index is 0.974. The first-order chi connectivity index (χ1) is 30.7. The van der Waals surface area contributed by atoms with Crippen LogP contribution < -0.4 is 0 Å². The first kappa shape index (κ1) is 34.5. The number of rotatable bonds is 6. The molecule has 13 rings (SSSR count). The zero-order valence-electron chi connectivity index (χ0n) is 33.3. The Morgan fingerprint density at radius 2 is 0.823 bits per heavy atom. The van der Waals surface area contributed by atoms with Gasteiger partial charge in [0.05, 0.1) is 16.6 Å². The highest BCUT2D eigenvalue weighted by Crippen LogP contribution is 2.44. The molecule has 62 heavy (non-hydrogen) atoms. The Morgan fingerprint density at radius 3 is 1.56 bits per heavy atom. The molecule has 13 aromatic rings. The van der Waals surface area contributed by atoms with Gasteiger partial charge in [0, 0.05) is 49.0 Å². The van der Waals surface area contributed by atoms with Crippen molar-refractivity contribution in [3.63, 3.8) is 0 Å². The van der Waals surface area contributed by atoms with Crippen molar-refractivity contribution in [3.8, 4) is 67.5 Å². The van der Waals surface area contributed by atoms with Gasteiger partial charge in [0.25, 0.3) is 0 Å². The van der Waals surface area contributed by atoms with Crippen molar-refractivity contribution in [3.05, 3.63) is 206 Å². The van der Waals surface area contributed by atoms with Crippen molar-refractivity contribution in [2.75, 3.05) is 0 Å². The fourth-order valence-corrected chi connectivity index (χ4v) is 9.49. The summed E-state index contributed by atoms with van der Waals surface area (Å²) in [6.07, 6.45) is 0. The predicted molar refractivity (Wildman–Crippen MR) is 254 cm³/mol. The zero-order valence-corrected chi connectivity index (χ0v) is 33.3. The first-order valence-corrected chi connectivity index (χ1v) is 20.9. The third-order valence-electron chi connectivity index (χ3n) is 12.4. The van der Waals surface area contributed by atoms with E-state index in [-0.39, 0.29) is 0 Å². The largest absolute Gasteiger partial charge is 0.456 e. The molecule has 0 aliphatic heterocycles. The molecule has 0 saturated carbocycles. The standard InChI is InChI=1S/C57H34N4O/c1-3-13-35(14-4-1)37-27-29-38(30-28-37)55-58-56(41-19-9-17-39(31-41)36-15-5-2-6-16-36)60-57(59-55)42-20-10-18-40(32-42)43-22-12-26-51-53(43)48-33-50-47(34-52(48)62-51)46-24-11-23-45-44-21-7-8-25-49(44)61(50)54(45)46/h1-34H. The van der Waals surface area contributed by atoms with Gasteiger partial charge in [-0.3, -0.25) is 0 Å². The molecule has 288 valence electrons. The Bertz CT molecular complexity index is 3850. The maximum atomic E-state index is 6.68. The molecule has 0 bridgehead atoms. The smallest absolute Gasteiger partial charge is 0.164 e. The zero-order chi connectivity index (χ0) is 40.7. The van der Waals surface area contributed by atoms with Gasteiger partial charge in [-0.1, -0.05) is 170 Å². The van der Waals surface area contributed by atoms with E-state index in [2.05, 4.69) is 199 Å². The highest BCUT2D eigenvalue weighted by atomic mass is 16.3. The molecule has 0 amide bonds. The van der Waals surface area contributed by atoms with Gasteiger partial charge in [-0.25, -0.2) is 15.0 Å². The maximum Gasteiger partial charge on any atom is 0.164 e. The van der Waals surface area contributed by atoms with Crippen LogP contribution in [0.5, 0.6) is 0 Å². The molecule has 4 aromatic heterocycles. The van der Waals surface area contributed by atoms with Crippen molar-refractivity contribution in [1.82, 2.24) is 19.4 Å². The Labute approximate surface area is 356 Å². The van der Waals surface area contributed by atoms with E-state index in [0.717, 1.165) is 72.0 Å². The number of hydrogen-bond acceptors (Lipinski definition) is 4. The minimum Gasteiger partial charge on any atom is -0.456 e. The van der Waals surface area contributed by atoms with Crippen LogP contribution in [-0.4, -0.2) is 19.4 Å². The molecule has 0 aliphatic rings. The number of nitrogens with zero attached hydrogens (tertiary/aromatic N) is 4. The van der Waals surface area contributed by atoms with Crippen LogP contribution in [0, 0.1) is 0 Å². The van der Waals surface area contributed by atoms with Gasteiger partial charge in [-0.05, 0) is 69.8 Å². The summed E-state index contributed by atoms with van der Waals surface area (Å²) in [5, 5.41) is 7.13. The summed E-state index contributed by atoms with van der Waals surface area (Å²) in [6.45, 7) is 0. The molecule has 0 saturated heterocycles. The lowest BCUT2D eigenvalue weighted by atomic mass is 9.97. The topological polar surface area (TPSA) is 56.2 Å². The van der Waals surface area contributed by atoms with Crippen LogP contribution in [0.25, 0.3) is 128 Å². The van der Waals surface area contributed by atoms with Crippen LogP contribution in [0.15, 0.2) is 211 Å². The Hall–Kier alpha value is -8.41. The van der Waals surface area contributed by atoms with Crippen LogP contribution >= 0.6 is 0 Å². The average molecular weight is 791 g/mol. The van der Waals surface area contributed by atoms with Crippen molar-refractivity contribution in [2.24, 2.45) is 0 Å². The van der Waals surface area contributed by atoms with E-state index in [1.54, 1.807) is 0 Å². The van der Waals surface area contributed by atoms with Gasteiger partial charge in [0.1, 0.15) is 11.2 Å². The van der Waals surface area contributed by atoms with E-state index in [9.17, 15) is 0 Å². The Kier molecular flexibility index (Phi) is 7.54. The summed E-state index contributed by atoms with van der Waals surface area (Å²) in [7, 11) is 0. The van der Waals surface area contributed by atoms with Crippen molar-refractivity contribution < 1.29 is 4.42 Å². The fraction of sp³-hybridized carbons (Fsp3) is 0. The number of benzene rings is 9. The molecule has 5 nitrogen and oxygen atoms in total. The third-order valence-corrected chi connectivity index (χ3v) is 12.4. The van der Waals surface area contributed by atoms with E-state index in [0.29, 0.717) is 17.5 Å². The van der Waals surface area contributed by atoms with Gasteiger partial charge in [-0.15, -0.1) is 0 Å². The predicted octanol–water partition coefficient (Wildman–Crippen LogP) is 14.9. The van der Waals surface area contributed by atoms with Crippen LogP contribution in [0.3, 0.4) is 0 Å². The van der Waals surface area contributed by atoms with Gasteiger partial charge >= 0.3 is 0 Å². The second-order valence-electron chi connectivity index (χ2n) is 16.0. The monoisotopic (exact) mass is 790 g/mol. The number of aromatic nitrogens is 4. The third kappa shape index (κ3) is 5.38. The number of para-hydroxylation sites is 2. The van der Waals surface area contributed by atoms with Crippen molar-refractivity contribution in [1.29, 1.82) is 0 Å².